The van der Waals surface area contributed by atoms with Gasteiger partial charge in [-0.25, -0.2) is 4.98 Å². The Labute approximate surface area is 158 Å². The van der Waals surface area contributed by atoms with E-state index in [1.54, 1.807) is 11.3 Å². The average molecular weight is 364 g/mol. The molecule has 3 aliphatic carbocycles. The highest BCUT2D eigenvalue weighted by Gasteiger charge is 2.53. The zero-order chi connectivity index (χ0) is 17.3. The zero-order valence-electron chi connectivity index (χ0n) is 15.0. The van der Waals surface area contributed by atoms with E-state index in [0.29, 0.717) is 5.41 Å². The van der Waals surface area contributed by atoms with E-state index in [0.717, 1.165) is 28.4 Å². The molecule has 1 aromatic carbocycles. The highest BCUT2D eigenvalue weighted by atomic mass is 32.1. The van der Waals surface area contributed by atoms with Gasteiger partial charge in [-0.1, -0.05) is 31.4 Å². The molecule has 0 saturated heterocycles. The summed E-state index contributed by atoms with van der Waals surface area (Å²) >= 11 is 1.75. The van der Waals surface area contributed by atoms with E-state index in [1.807, 2.05) is 12.1 Å². The van der Waals surface area contributed by atoms with E-state index in [9.17, 15) is 0 Å². The summed E-state index contributed by atoms with van der Waals surface area (Å²) in [5, 5.41) is 2.21. The number of aromatic nitrogens is 2. The molecule has 0 amide bonds. The first-order valence-electron chi connectivity index (χ1n) is 10.0. The second-order valence-corrected chi connectivity index (χ2v) is 9.81. The SMILES string of the molecule is Nc1cccc(-c2csc3nc(C45CC6CCCC(C4)C(C6)C5)cn23)c1. The molecule has 6 rings (SSSR count). The Balaban J connectivity index is 1.44. The lowest BCUT2D eigenvalue weighted by atomic mass is 9.68. The molecule has 2 aromatic heterocycles. The normalized spacial score (nSPS) is 33.0. The van der Waals surface area contributed by atoms with Gasteiger partial charge in [-0.3, -0.25) is 4.40 Å². The Hall–Kier alpha value is -1.81. The van der Waals surface area contributed by atoms with Crippen molar-refractivity contribution in [2.24, 2.45) is 17.8 Å². The van der Waals surface area contributed by atoms with Gasteiger partial charge in [0.2, 0.25) is 0 Å². The van der Waals surface area contributed by atoms with Gasteiger partial charge in [0.1, 0.15) is 0 Å². The number of nitrogens with two attached hydrogens (primary N) is 1. The van der Waals surface area contributed by atoms with Crippen LogP contribution in [0.3, 0.4) is 0 Å². The summed E-state index contributed by atoms with van der Waals surface area (Å²) in [4.78, 5) is 6.28. The fourth-order valence-electron chi connectivity index (χ4n) is 6.41. The summed E-state index contributed by atoms with van der Waals surface area (Å²) < 4.78 is 2.31. The smallest absolute Gasteiger partial charge is 0.194 e. The zero-order valence-corrected chi connectivity index (χ0v) is 15.8. The third-order valence-corrected chi connectivity index (χ3v) is 8.25. The van der Waals surface area contributed by atoms with Crippen LogP contribution in [0.2, 0.25) is 0 Å². The molecule has 0 spiro atoms. The Morgan fingerprint density at radius 1 is 1.15 bits per heavy atom. The van der Waals surface area contributed by atoms with E-state index < -0.39 is 0 Å². The van der Waals surface area contributed by atoms with Crippen LogP contribution in [0, 0.1) is 17.8 Å². The first kappa shape index (κ1) is 15.3. The van der Waals surface area contributed by atoms with Crippen molar-refractivity contribution in [2.75, 3.05) is 5.73 Å². The Bertz CT molecular complexity index is 982. The van der Waals surface area contributed by atoms with E-state index in [4.69, 9.17) is 10.7 Å². The van der Waals surface area contributed by atoms with E-state index in [2.05, 4.69) is 28.1 Å². The standard InChI is InChI=1S/C22H25N3S/c23-18-6-2-4-15(8-18)19-13-26-21-24-20(12-25(19)21)22-9-14-3-1-5-16(10-22)17(7-14)11-22/h2,4,6,8,12-14,16-17H,1,3,5,7,9-11,23H2. The van der Waals surface area contributed by atoms with Gasteiger partial charge in [-0.15, -0.1) is 11.3 Å². The maximum Gasteiger partial charge on any atom is 0.194 e. The quantitative estimate of drug-likeness (QED) is 0.611. The van der Waals surface area contributed by atoms with Gasteiger partial charge >= 0.3 is 0 Å². The van der Waals surface area contributed by atoms with Crippen LogP contribution in [0.5, 0.6) is 0 Å². The first-order chi connectivity index (χ1) is 12.7. The highest BCUT2D eigenvalue weighted by Crippen LogP contribution is 2.60. The average Bonchev–Trinajstić information content (AvgIpc) is 3.24. The largest absolute Gasteiger partial charge is 0.399 e. The maximum absolute atomic E-state index is 6.01. The van der Waals surface area contributed by atoms with E-state index in [-0.39, 0.29) is 0 Å². The van der Waals surface area contributed by atoms with Crippen LogP contribution in [0.15, 0.2) is 35.8 Å². The summed E-state index contributed by atoms with van der Waals surface area (Å²) in [5.74, 6) is 2.86. The summed E-state index contributed by atoms with van der Waals surface area (Å²) in [6, 6.07) is 8.20. The topological polar surface area (TPSA) is 43.3 Å². The summed E-state index contributed by atoms with van der Waals surface area (Å²) in [6.45, 7) is 0. The van der Waals surface area contributed by atoms with Crippen LogP contribution in [0.4, 0.5) is 5.69 Å². The monoisotopic (exact) mass is 363 g/mol. The van der Waals surface area contributed by atoms with Crippen LogP contribution < -0.4 is 5.73 Å². The summed E-state index contributed by atoms with van der Waals surface area (Å²) in [5.41, 5.74) is 11.0. The van der Waals surface area contributed by atoms with Crippen LogP contribution in [0.1, 0.15) is 50.6 Å². The number of hydrogen-bond acceptors (Lipinski definition) is 3. The fourth-order valence-corrected chi connectivity index (χ4v) is 7.29. The number of rotatable bonds is 2. The van der Waals surface area contributed by atoms with E-state index in [1.165, 1.54) is 61.9 Å². The predicted octanol–water partition coefficient (Wildman–Crippen LogP) is 5.50. The molecule has 3 bridgehead atoms. The predicted molar refractivity (Wildman–Crippen MR) is 107 cm³/mol. The third-order valence-electron chi connectivity index (χ3n) is 7.41. The molecule has 3 saturated carbocycles. The van der Waals surface area contributed by atoms with Gasteiger partial charge in [0, 0.05) is 28.2 Å². The van der Waals surface area contributed by atoms with Gasteiger partial charge in [-0.05, 0) is 55.6 Å². The van der Waals surface area contributed by atoms with Crippen LogP contribution in [-0.4, -0.2) is 9.38 Å². The van der Waals surface area contributed by atoms with Crippen molar-refractivity contribution in [3.8, 4) is 11.3 Å². The molecule has 4 heteroatoms. The minimum absolute atomic E-state index is 0.359. The van der Waals surface area contributed by atoms with Gasteiger partial charge in [-0.2, -0.15) is 0 Å². The molecular weight excluding hydrogens is 338 g/mol. The number of benzene rings is 1. The van der Waals surface area contributed by atoms with Crippen molar-refractivity contribution in [1.29, 1.82) is 0 Å². The lowest BCUT2D eigenvalue weighted by Crippen LogP contribution is -2.31. The number of hydrogen-bond donors (Lipinski definition) is 1. The summed E-state index contributed by atoms with van der Waals surface area (Å²) in [6.07, 6.45) is 12.3. The molecule has 2 heterocycles. The van der Waals surface area contributed by atoms with Crippen molar-refractivity contribution in [3.63, 3.8) is 0 Å². The number of fused-ring (bicyclic) bond motifs is 3. The Kier molecular flexibility index (Phi) is 3.14. The molecule has 3 fully saturated rings. The second-order valence-electron chi connectivity index (χ2n) is 8.97. The molecular formula is C22H25N3S. The lowest BCUT2D eigenvalue weighted by Gasteiger charge is -2.36. The number of nitrogen functional groups attached to an aromatic ring is 1. The van der Waals surface area contributed by atoms with Gasteiger partial charge in [0.05, 0.1) is 11.4 Å². The number of anilines is 1. The van der Waals surface area contributed by atoms with Gasteiger partial charge < -0.3 is 5.73 Å². The number of thiazole rings is 1. The van der Waals surface area contributed by atoms with Gasteiger partial charge in [0.25, 0.3) is 0 Å². The highest BCUT2D eigenvalue weighted by molar-refractivity contribution is 7.15. The van der Waals surface area contributed by atoms with Crippen molar-refractivity contribution in [1.82, 2.24) is 9.38 Å². The molecule has 3 aliphatic rings. The molecule has 3 nitrogen and oxygen atoms in total. The second kappa shape index (κ2) is 5.35. The Morgan fingerprint density at radius 2 is 2.08 bits per heavy atom. The molecule has 0 aliphatic heterocycles. The maximum atomic E-state index is 6.01. The molecule has 26 heavy (non-hydrogen) atoms. The molecule has 0 radical (unpaired) electrons. The molecule has 4 atom stereocenters. The van der Waals surface area contributed by atoms with Crippen molar-refractivity contribution < 1.29 is 0 Å². The first-order valence-corrected chi connectivity index (χ1v) is 10.9. The third kappa shape index (κ3) is 2.14. The lowest BCUT2D eigenvalue weighted by molar-refractivity contribution is 0.215. The van der Waals surface area contributed by atoms with Gasteiger partial charge in [0.15, 0.2) is 4.96 Å². The molecule has 134 valence electrons. The Morgan fingerprint density at radius 3 is 3.00 bits per heavy atom. The van der Waals surface area contributed by atoms with Crippen molar-refractivity contribution >= 4 is 22.0 Å². The minimum Gasteiger partial charge on any atom is -0.399 e. The van der Waals surface area contributed by atoms with Crippen LogP contribution >= 0.6 is 11.3 Å². The molecule has 4 unspecified atom stereocenters. The summed E-state index contributed by atoms with van der Waals surface area (Å²) in [7, 11) is 0. The van der Waals surface area contributed by atoms with Crippen LogP contribution in [0.25, 0.3) is 16.2 Å². The number of nitrogens with zero attached hydrogens (tertiary/aromatic N) is 2. The molecule has 2 N–H and O–H groups in total. The van der Waals surface area contributed by atoms with Crippen molar-refractivity contribution in [2.45, 2.75) is 50.4 Å². The molecule has 3 aromatic rings. The van der Waals surface area contributed by atoms with E-state index >= 15 is 0 Å². The number of imidazole rings is 1. The van der Waals surface area contributed by atoms with Crippen molar-refractivity contribution in [3.05, 3.63) is 41.5 Å². The minimum atomic E-state index is 0.359. The van der Waals surface area contributed by atoms with Crippen LogP contribution in [-0.2, 0) is 5.41 Å². The fraction of sp³-hybridized carbons (Fsp3) is 0.500.